The van der Waals surface area contributed by atoms with Gasteiger partial charge in [-0.1, -0.05) is 19.1 Å². The molecule has 9 nitrogen and oxygen atoms in total. The van der Waals surface area contributed by atoms with Gasteiger partial charge in [0, 0.05) is 41.4 Å². The molecule has 1 aliphatic heterocycles. The molecule has 35 heavy (non-hydrogen) atoms. The smallest absolute Gasteiger partial charge is 0.336 e. The summed E-state index contributed by atoms with van der Waals surface area (Å²) in [4.78, 5) is 24.4. The number of hydrogen-bond donors (Lipinski definition) is 1. The number of allylic oxidation sites excluding steroid dienone is 3. The van der Waals surface area contributed by atoms with Crippen molar-refractivity contribution in [3.8, 4) is 0 Å². The molecule has 1 unspecified atom stereocenters. The molecule has 0 radical (unpaired) electrons. The Balaban J connectivity index is 2.57. The standard InChI is InChI=1S/C25H37N2O7P/c1-8-12-31-13-14-32-25(28)22-18(6)26-19(7)24(35(33-16(2)3)34-17(4)5)23(22)20-10-9-11-21(15-20)27(29)30/h9-11,15-17,23,26H,8,12-14H2,1-7H3. The van der Waals surface area contributed by atoms with Crippen LogP contribution in [0.3, 0.4) is 0 Å². The lowest BCUT2D eigenvalue weighted by Gasteiger charge is -2.35. The molecule has 1 heterocycles. The zero-order valence-corrected chi connectivity index (χ0v) is 22.5. The Hall–Kier alpha value is -2.32. The van der Waals surface area contributed by atoms with E-state index in [1.165, 1.54) is 12.1 Å². The number of nitrogens with zero attached hydrogens (tertiary/aromatic N) is 1. The summed E-state index contributed by atoms with van der Waals surface area (Å²) in [6.07, 6.45) is 0.604. The summed E-state index contributed by atoms with van der Waals surface area (Å²) in [5.74, 6) is -1.15. The van der Waals surface area contributed by atoms with Crippen molar-refractivity contribution < 1.29 is 28.2 Å². The number of ether oxygens (including phenoxy) is 2. The minimum absolute atomic E-state index is 0.0599. The molecule has 2 rings (SSSR count). The summed E-state index contributed by atoms with van der Waals surface area (Å²) in [5, 5.41) is 15.6. The molecule has 0 aliphatic carbocycles. The summed E-state index contributed by atoms with van der Waals surface area (Å²) in [5.41, 5.74) is 2.31. The van der Waals surface area contributed by atoms with E-state index in [2.05, 4.69) is 5.32 Å². The molecule has 1 aromatic rings. The molecule has 1 aliphatic rings. The van der Waals surface area contributed by atoms with Crippen LogP contribution in [0, 0.1) is 10.1 Å². The number of rotatable bonds is 13. The molecule has 0 spiro atoms. The number of esters is 1. The lowest BCUT2D eigenvalue weighted by atomic mass is 9.86. The topological polar surface area (TPSA) is 109 Å². The van der Waals surface area contributed by atoms with Gasteiger partial charge in [-0.25, -0.2) is 4.79 Å². The largest absolute Gasteiger partial charge is 0.460 e. The average molecular weight is 509 g/mol. The number of nitro groups is 1. The number of carbonyl (C=O) groups excluding carboxylic acids is 1. The molecule has 0 saturated heterocycles. The van der Waals surface area contributed by atoms with Gasteiger partial charge < -0.3 is 23.8 Å². The van der Waals surface area contributed by atoms with Crippen molar-refractivity contribution in [2.75, 3.05) is 19.8 Å². The first-order valence-electron chi connectivity index (χ1n) is 11.9. The van der Waals surface area contributed by atoms with Crippen molar-refractivity contribution in [3.63, 3.8) is 0 Å². The lowest BCUT2D eigenvalue weighted by Crippen LogP contribution is -2.30. The number of non-ortho nitro benzene ring substituents is 1. The maximum atomic E-state index is 13.4. The van der Waals surface area contributed by atoms with Gasteiger partial charge in [-0.05, 0) is 53.5 Å². The van der Waals surface area contributed by atoms with Gasteiger partial charge in [-0.3, -0.25) is 10.1 Å². The number of benzene rings is 1. The second-order valence-corrected chi connectivity index (χ2v) is 10.2. The van der Waals surface area contributed by atoms with Crippen molar-refractivity contribution in [3.05, 3.63) is 62.2 Å². The Kier molecular flexibility index (Phi) is 11.3. The summed E-state index contributed by atoms with van der Waals surface area (Å²) >= 11 is 0. The van der Waals surface area contributed by atoms with Gasteiger partial charge in [0.15, 0.2) is 0 Å². The van der Waals surface area contributed by atoms with Gasteiger partial charge in [0.1, 0.15) is 6.61 Å². The Morgan fingerprint density at radius 2 is 1.74 bits per heavy atom. The maximum absolute atomic E-state index is 13.4. The summed E-state index contributed by atoms with van der Waals surface area (Å²) in [7, 11) is -1.60. The van der Waals surface area contributed by atoms with Crippen molar-refractivity contribution >= 4 is 20.0 Å². The zero-order valence-electron chi connectivity index (χ0n) is 21.6. The van der Waals surface area contributed by atoms with E-state index in [1.54, 1.807) is 19.1 Å². The van der Waals surface area contributed by atoms with E-state index >= 15 is 0 Å². The van der Waals surface area contributed by atoms with Crippen LogP contribution in [-0.4, -0.2) is 42.9 Å². The van der Waals surface area contributed by atoms with Crippen LogP contribution in [0.1, 0.15) is 66.4 Å². The number of nitro benzene ring substituents is 1. The van der Waals surface area contributed by atoms with Gasteiger partial charge in [-0.15, -0.1) is 0 Å². The highest BCUT2D eigenvalue weighted by Crippen LogP contribution is 2.59. The number of hydrogen-bond acceptors (Lipinski definition) is 8. The summed E-state index contributed by atoms with van der Waals surface area (Å²) in [6.45, 7) is 14.4. The van der Waals surface area contributed by atoms with E-state index < -0.39 is 25.2 Å². The molecule has 0 amide bonds. The molecular weight excluding hydrogens is 471 g/mol. The summed E-state index contributed by atoms with van der Waals surface area (Å²) in [6, 6.07) is 6.32. The highest BCUT2D eigenvalue weighted by atomic mass is 31.2. The molecule has 10 heteroatoms. The third-order valence-corrected chi connectivity index (χ3v) is 7.19. The van der Waals surface area contributed by atoms with Crippen LogP contribution in [0.5, 0.6) is 0 Å². The molecule has 194 valence electrons. The highest BCUT2D eigenvalue weighted by molar-refractivity contribution is 7.52. The normalized spacial score (nSPS) is 16.3. The van der Waals surface area contributed by atoms with Crippen molar-refractivity contribution in [1.82, 2.24) is 5.32 Å². The Morgan fingerprint density at radius 3 is 2.31 bits per heavy atom. The lowest BCUT2D eigenvalue weighted by molar-refractivity contribution is -0.384. The molecule has 0 saturated carbocycles. The van der Waals surface area contributed by atoms with Crippen molar-refractivity contribution in [2.24, 2.45) is 0 Å². The van der Waals surface area contributed by atoms with Crippen LogP contribution >= 0.6 is 8.38 Å². The fourth-order valence-corrected chi connectivity index (χ4v) is 5.54. The molecule has 1 aromatic carbocycles. The maximum Gasteiger partial charge on any atom is 0.336 e. The van der Waals surface area contributed by atoms with Crippen LogP contribution in [0.4, 0.5) is 5.69 Å². The van der Waals surface area contributed by atoms with Crippen LogP contribution in [-0.2, 0) is 23.3 Å². The molecular formula is C25H37N2O7P. The van der Waals surface area contributed by atoms with E-state index in [0.717, 1.165) is 17.4 Å². The fourth-order valence-electron chi connectivity index (χ4n) is 3.68. The van der Waals surface area contributed by atoms with E-state index in [9.17, 15) is 14.9 Å². The van der Waals surface area contributed by atoms with Gasteiger partial charge in [0.05, 0.1) is 29.3 Å². The van der Waals surface area contributed by atoms with Crippen molar-refractivity contribution in [1.29, 1.82) is 0 Å². The molecule has 0 bridgehead atoms. The molecule has 0 aromatic heterocycles. The first-order chi connectivity index (χ1) is 16.6. The first kappa shape index (κ1) is 28.9. The third kappa shape index (κ3) is 8.10. The predicted molar refractivity (Wildman–Crippen MR) is 136 cm³/mol. The van der Waals surface area contributed by atoms with Crippen LogP contribution < -0.4 is 5.32 Å². The first-order valence-corrected chi connectivity index (χ1v) is 13.1. The zero-order chi connectivity index (χ0) is 26.1. The SMILES string of the molecule is CCCOCCOC(=O)C1=C(C)NC(C)=C(P(OC(C)C)OC(C)C)C1c1cccc([N+](=O)[O-])c1. The van der Waals surface area contributed by atoms with Crippen LogP contribution in [0.2, 0.25) is 0 Å². The Morgan fingerprint density at radius 1 is 1.09 bits per heavy atom. The van der Waals surface area contributed by atoms with E-state index in [0.29, 0.717) is 30.0 Å². The highest BCUT2D eigenvalue weighted by Gasteiger charge is 2.40. The van der Waals surface area contributed by atoms with Gasteiger partial charge in [-0.2, -0.15) is 0 Å². The predicted octanol–water partition coefficient (Wildman–Crippen LogP) is 5.92. The number of carbonyl (C=O) groups is 1. The Labute approximate surface area is 208 Å². The molecule has 1 N–H and O–H groups in total. The van der Waals surface area contributed by atoms with Gasteiger partial charge >= 0.3 is 5.97 Å². The average Bonchev–Trinajstić information content (AvgIpc) is 2.77. The van der Waals surface area contributed by atoms with Crippen LogP contribution in [0.25, 0.3) is 0 Å². The van der Waals surface area contributed by atoms with Gasteiger partial charge in [0.25, 0.3) is 5.69 Å². The second-order valence-electron chi connectivity index (χ2n) is 8.77. The molecule has 0 fully saturated rings. The monoisotopic (exact) mass is 508 g/mol. The fraction of sp³-hybridized carbons (Fsp3) is 0.560. The minimum atomic E-state index is -1.60. The Bertz CT molecular complexity index is 949. The number of nitrogens with one attached hydrogen (secondary N) is 1. The van der Waals surface area contributed by atoms with E-state index in [1.807, 2.05) is 41.5 Å². The van der Waals surface area contributed by atoms with E-state index in [4.69, 9.17) is 18.5 Å². The third-order valence-electron chi connectivity index (χ3n) is 4.98. The minimum Gasteiger partial charge on any atom is -0.460 e. The van der Waals surface area contributed by atoms with Crippen LogP contribution in [0.15, 0.2) is 46.5 Å². The quantitative estimate of drug-likeness (QED) is 0.115. The summed E-state index contributed by atoms with van der Waals surface area (Å²) < 4.78 is 23.4. The van der Waals surface area contributed by atoms with Gasteiger partial charge in [0.2, 0.25) is 8.38 Å². The number of dihydropyridines is 1. The second kappa shape index (κ2) is 13.7. The molecule has 1 atom stereocenters. The van der Waals surface area contributed by atoms with E-state index in [-0.39, 0.29) is 24.5 Å². The van der Waals surface area contributed by atoms with Crippen molar-refractivity contribution in [2.45, 2.75) is 73.0 Å².